The Morgan fingerprint density at radius 1 is 1.44 bits per heavy atom. The van der Waals surface area contributed by atoms with Gasteiger partial charge in [0.1, 0.15) is 5.75 Å². The van der Waals surface area contributed by atoms with Crippen molar-refractivity contribution in [3.05, 3.63) is 29.3 Å². The SMILES string of the molecule is COc1cc(C(=O)NCC(C)(C)CO)ccc1C. The van der Waals surface area contributed by atoms with Crippen molar-refractivity contribution in [3.8, 4) is 5.75 Å². The first-order valence-electron chi connectivity index (χ1n) is 5.93. The fraction of sp³-hybridized carbons (Fsp3) is 0.500. The molecule has 100 valence electrons. The van der Waals surface area contributed by atoms with Crippen molar-refractivity contribution in [3.63, 3.8) is 0 Å². The summed E-state index contributed by atoms with van der Waals surface area (Å²) in [6.07, 6.45) is 0. The highest BCUT2D eigenvalue weighted by atomic mass is 16.5. The third kappa shape index (κ3) is 3.74. The Balaban J connectivity index is 2.73. The summed E-state index contributed by atoms with van der Waals surface area (Å²) in [5.74, 6) is 0.541. The van der Waals surface area contributed by atoms with Crippen molar-refractivity contribution in [2.45, 2.75) is 20.8 Å². The van der Waals surface area contributed by atoms with Crippen LogP contribution in [0.2, 0.25) is 0 Å². The number of benzene rings is 1. The number of methoxy groups -OCH3 is 1. The quantitative estimate of drug-likeness (QED) is 0.838. The molecule has 0 saturated heterocycles. The Morgan fingerprint density at radius 2 is 2.11 bits per heavy atom. The minimum Gasteiger partial charge on any atom is -0.496 e. The molecule has 0 fully saturated rings. The van der Waals surface area contributed by atoms with E-state index >= 15 is 0 Å². The lowest BCUT2D eigenvalue weighted by Crippen LogP contribution is -2.36. The van der Waals surface area contributed by atoms with Crippen LogP contribution in [0.4, 0.5) is 0 Å². The molecule has 0 aromatic heterocycles. The van der Waals surface area contributed by atoms with Crippen LogP contribution < -0.4 is 10.1 Å². The summed E-state index contributed by atoms with van der Waals surface area (Å²) in [6.45, 7) is 6.17. The number of rotatable bonds is 5. The van der Waals surface area contributed by atoms with Gasteiger partial charge in [-0.05, 0) is 24.6 Å². The number of hydrogen-bond acceptors (Lipinski definition) is 3. The topological polar surface area (TPSA) is 58.6 Å². The van der Waals surface area contributed by atoms with E-state index in [2.05, 4.69) is 5.32 Å². The molecule has 1 rings (SSSR count). The fourth-order valence-electron chi connectivity index (χ4n) is 1.44. The average molecular weight is 251 g/mol. The van der Waals surface area contributed by atoms with Gasteiger partial charge in [0.05, 0.1) is 7.11 Å². The van der Waals surface area contributed by atoms with Crippen molar-refractivity contribution >= 4 is 5.91 Å². The normalized spacial score (nSPS) is 11.2. The number of nitrogens with one attached hydrogen (secondary N) is 1. The highest BCUT2D eigenvalue weighted by Crippen LogP contribution is 2.19. The zero-order valence-corrected chi connectivity index (χ0v) is 11.4. The summed E-state index contributed by atoms with van der Waals surface area (Å²) < 4.78 is 5.18. The lowest BCUT2D eigenvalue weighted by molar-refractivity contribution is 0.0910. The second-order valence-electron chi connectivity index (χ2n) is 5.19. The van der Waals surface area contributed by atoms with Crippen LogP contribution >= 0.6 is 0 Å². The largest absolute Gasteiger partial charge is 0.496 e. The predicted molar refractivity (Wildman–Crippen MR) is 70.9 cm³/mol. The van der Waals surface area contributed by atoms with Crippen LogP contribution in [0.15, 0.2) is 18.2 Å². The lowest BCUT2D eigenvalue weighted by atomic mass is 9.95. The predicted octanol–water partition coefficient (Wildman–Crippen LogP) is 1.75. The molecule has 0 heterocycles. The highest BCUT2D eigenvalue weighted by Gasteiger charge is 2.18. The van der Waals surface area contributed by atoms with Crippen molar-refractivity contribution < 1.29 is 14.6 Å². The molecule has 0 spiro atoms. The molecule has 0 aliphatic carbocycles. The number of aliphatic hydroxyl groups excluding tert-OH is 1. The number of hydrogen-bond donors (Lipinski definition) is 2. The maximum Gasteiger partial charge on any atom is 0.251 e. The molecule has 18 heavy (non-hydrogen) atoms. The Bertz CT molecular complexity index is 427. The summed E-state index contributed by atoms with van der Waals surface area (Å²) in [4.78, 5) is 11.9. The molecule has 0 unspecified atom stereocenters. The van der Waals surface area contributed by atoms with E-state index in [-0.39, 0.29) is 17.9 Å². The zero-order valence-electron chi connectivity index (χ0n) is 11.4. The first-order valence-corrected chi connectivity index (χ1v) is 5.93. The third-order valence-electron chi connectivity index (χ3n) is 2.83. The maximum absolute atomic E-state index is 11.9. The first-order chi connectivity index (χ1) is 8.39. The molecule has 0 atom stereocenters. The van der Waals surface area contributed by atoms with Crippen LogP contribution in [-0.2, 0) is 0 Å². The van der Waals surface area contributed by atoms with E-state index in [4.69, 9.17) is 9.84 Å². The summed E-state index contributed by atoms with van der Waals surface area (Å²) in [5, 5.41) is 11.9. The van der Waals surface area contributed by atoms with Gasteiger partial charge in [0, 0.05) is 24.1 Å². The number of aliphatic hydroxyl groups is 1. The van der Waals surface area contributed by atoms with Gasteiger partial charge in [-0.2, -0.15) is 0 Å². The number of aryl methyl sites for hydroxylation is 1. The lowest BCUT2D eigenvalue weighted by Gasteiger charge is -2.21. The number of ether oxygens (including phenoxy) is 1. The Labute approximate surface area is 108 Å². The van der Waals surface area contributed by atoms with Crippen molar-refractivity contribution in [1.29, 1.82) is 0 Å². The smallest absolute Gasteiger partial charge is 0.251 e. The molecule has 1 aromatic rings. The Kier molecular flexibility index (Phi) is 4.73. The molecule has 2 N–H and O–H groups in total. The first kappa shape index (κ1) is 14.5. The second kappa shape index (κ2) is 5.87. The standard InChI is InChI=1S/C14H21NO3/c1-10-5-6-11(7-12(10)18-4)13(17)15-8-14(2,3)9-16/h5-7,16H,8-9H2,1-4H3,(H,15,17). The van der Waals surface area contributed by atoms with Crippen LogP contribution in [0.3, 0.4) is 0 Å². The van der Waals surface area contributed by atoms with E-state index in [1.807, 2.05) is 26.8 Å². The summed E-state index contributed by atoms with van der Waals surface area (Å²) in [5.41, 5.74) is 1.24. The molecular weight excluding hydrogens is 230 g/mol. The number of carbonyl (C=O) groups excluding carboxylic acids is 1. The Hall–Kier alpha value is -1.55. The molecule has 1 amide bonds. The summed E-state index contributed by atoms with van der Waals surface area (Å²) >= 11 is 0. The Morgan fingerprint density at radius 3 is 2.67 bits per heavy atom. The monoisotopic (exact) mass is 251 g/mol. The third-order valence-corrected chi connectivity index (χ3v) is 2.83. The van der Waals surface area contributed by atoms with Gasteiger partial charge in [-0.25, -0.2) is 0 Å². The van der Waals surface area contributed by atoms with E-state index in [9.17, 15) is 4.79 Å². The van der Waals surface area contributed by atoms with E-state index in [1.165, 1.54) is 0 Å². The van der Waals surface area contributed by atoms with Crippen molar-refractivity contribution in [2.24, 2.45) is 5.41 Å². The van der Waals surface area contributed by atoms with Gasteiger partial charge in [-0.1, -0.05) is 19.9 Å². The molecule has 0 aliphatic heterocycles. The van der Waals surface area contributed by atoms with Crippen LogP contribution in [-0.4, -0.2) is 31.3 Å². The van der Waals surface area contributed by atoms with E-state index in [1.54, 1.807) is 19.2 Å². The molecule has 0 aliphatic rings. The summed E-state index contributed by atoms with van der Waals surface area (Å²) in [7, 11) is 1.58. The van der Waals surface area contributed by atoms with Gasteiger partial charge < -0.3 is 15.2 Å². The van der Waals surface area contributed by atoms with Gasteiger partial charge in [0.15, 0.2) is 0 Å². The molecule has 0 saturated carbocycles. The number of carbonyl (C=O) groups is 1. The molecule has 0 radical (unpaired) electrons. The van der Waals surface area contributed by atoms with Crippen LogP contribution in [0, 0.1) is 12.3 Å². The van der Waals surface area contributed by atoms with Gasteiger partial charge >= 0.3 is 0 Å². The summed E-state index contributed by atoms with van der Waals surface area (Å²) in [6, 6.07) is 5.33. The van der Waals surface area contributed by atoms with Crippen LogP contribution in [0.25, 0.3) is 0 Å². The fourth-order valence-corrected chi connectivity index (χ4v) is 1.44. The zero-order chi connectivity index (χ0) is 13.8. The minimum atomic E-state index is -0.315. The molecular formula is C14H21NO3. The molecule has 4 heteroatoms. The van der Waals surface area contributed by atoms with Crippen molar-refractivity contribution in [2.75, 3.05) is 20.3 Å². The van der Waals surface area contributed by atoms with Crippen molar-refractivity contribution in [1.82, 2.24) is 5.32 Å². The molecule has 0 bridgehead atoms. The minimum absolute atomic E-state index is 0.0322. The average Bonchev–Trinajstić information content (AvgIpc) is 2.36. The maximum atomic E-state index is 11.9. The van der Waals surface area contributed by atoms with Gasteiger partial charge in [0.25, 0.3) is 5.91 Å². The van der Waals surface area contributed by atoms with E-state index in [0.29, 0.717) is 17.9 Å². The van der Waals surface area contributed by atoms with Crippen LogP contribution in [0.1, 0.15) is 29.8 Å². The second-order valence-corrected chi connectivity index (χ2v) is 5.19. The molecule has 4 nitrogen and oxygen atoms in total. The van der Waals surface area contributed by atoms with Crippen LogP contribution in [0.5, 0.6) is 5.75 Å². The van der Waals surface area contributed by atoms with Gasteiger partial charge in [-0.3, -0.25) is 4.79 Å². The van der Waals surface area contributed by atoms with Gasteiger partial charge in [-0.15, -0.1) is 0 Å². The van der Waals surface area contributed by atoms with E-state index < -0.39 is 0 Å². The number of amides is 1. The molecule has 1 aromatic carbocycles. The highest BCUT2D eigenvalue weighted by molar-refractivity contribution is 5.94. The van der Waals surface area contributed by atoms with E-state index in [0.717, 1.165) is 5.56 Å². The van der Waals surface area contributed by atoms with Gasteiger partial charge in [0.2, 0.25) is 0 Å².